The van der Waals surface area contributed by atoms with Crippen LogP contribution in [0, 0.1) is 24.0 Å². The van der Waals surface area contributed by atoms with E-state index in [4.69, 9.17) is 4.42 Å². The van der Waals surface area contributed by atoms with Gasteiger partial charge in [0.05, 0.1) is 16.9 Å². The predicted molar refractivity (Wildman–Crippen MR) is 104 cm³/mol. The van der Waals surface area contributed by atoms with Crippen LogP contribution in [0.3, 0.4) is 0 Å². The summed E-state index contributed by atoms with van der Waals surface area (Å²) < 4.78 is 7.35. The molecule has 0 spiro atoms. The monoisotopic (exact) mass is 380 g/mol. The molecule has 0 fully saturated rings. The van der Waals surface area contributed by atoms with E-state index >= 15 is 0 Å². The van der Waals surface area contributed by atoms with E-state index < -0.39 is 4.92 Å². The Morgan fingerprint density at radius 1 is 1.32 bits per heavy atom. The summed E-state index contributed by atoms with van der Waals surface area (Å²) in [4.78, 5) is 22.4. The minimum Gasteiger partial charge on any atom is -0.467 e. The first-order chi connectivity index (χ1) is 13.4. The Balaban J connectivity index is 1.67. The number of amides is 1. The van der Waals surface area contributed by atoms with Crippen LogP contribution in [-0.2, 0) is 4.79 Å². The van der Waals surface area contributed by atoms with E-state index in [0.717, 1.165) is 11.4 Å². The molecule has 1 amide bonds. The molecule has 28 heavy (non-hydrogen) atoms. The van der Waals surface area contributed by atoms with Gasteiger partial charge in [-0.1, -0.05) is 0 Å². The fourth-order valence-electron chi connectivity index (χ4n) is 2.89. The van der Waals surface area contributed by atoms with Gasteiger partial charge in [-0.3, -0.25) is 19.6 Å². The number of aromatic nitrogens is 2. The maximum absolute atomic E-state index is 12.2. The Hall–Kier alpha value is -3.68. The molecule has 0 aliphatic heterocycles. The lowest BCUT2D eigenvalue weighted by atomic mass is 10.2. The number of aryl methyl sites for hydroxylation is 2. The van der Waals surface area contributed by atoms with Crippen molar-refractivity contribution in [2.24, 2.45) is 0 Å². The molecule has 0 bridgehead atoms. The van der Waals surface area contributed by atoms with E-state index in [2.05, 4.69) is 10.4 Å². The smallest absolute Gasteiger partial charge is 0.269 e. The number of nitro benzene ring substituents is 1. The zero-order chi connectivity index (χ0) is 20.1. The van der Waals surface area contributed by atoms with Gasteiger partial charge < -0.3 is 9.73 Å². The second kappa shape index (κ2) is 8.34. The van der Waals surface area contributed by atoms with Crippen molar-refractivity contribution in [3.63, 3.8) is 0 Å². The first-order valence-electron chi connectivity index (χ1n) is 8.70. The largest absolute Gasteiger partial charge is 0.467 e. The number of furan rings is 1. The molecule has 0 saturated heterocycles. The normalized spacial score (nSPS) is 12.2. The number of nitrogens with one attached hydrogen (secondary N) is 1. The summed E-state index contributed by atoms with van der Waals surface area (Å²) in [5, 5.41) is 18.0. The predicted octanol–water partition coefficient (Wildman–Crippen LogP) is 3.42. The average Bonchev–Trinajstić information content (AvgIpc) is 3.31. The van der Waals surface area contributed by atoms with Crippen molar-refractivity contribution in [2.75, 3.05) is 6.54 Å². The Kier molecular flexibility index (Phi) is 5.69. The molecule has 0 saturated carbocycles. The molecule has 1 atom stereocenters. The van der Waals surface area contributed by atoms with Gasteiger partial charge >= 0.3 is 0 Å². The van der Waals surface area contributed by atoms with Gasteiger partial charge in [-0.2, -0.15) is 5.10 Å². The van der Waals surface area contributed by atoms with Gasteiger partial charge in [-0.05, 0) is 55.8 Å². The van der Waals surface area contributed by atoms with E-state index in [1.807, 2.05) is 30.7 Å². The van der Waals surface area contributed by atoms with E-state index in [1.54, 1.807) is 30.5 Å². The minimum atomic E-state index is -0.464. The van der Waals surface area contributed by atoms with Crippen molar-refractivity contribution < 1.29 is 14.1 Å². The molecule has 144 valence electrons. The van der Waals surface area contributed by atoms with Crippen LogP contribution < -0.4 is 5.32 Å². The third kappa shape index (κ3) is 4.53. The van der Waals surface area contributed by atoms with Gasteiger partial charge in [0.1, 0.15) is 11.8 Å². The van der Waals surface area contributed by atoms with Crippen molar-refractivity contribution >= 4 is 17.7 Å². The maximum Gasteiger partial charge on any atom is 0.269 e. The molecule has 3 rings (SSSR count). The number of hydrogen-bond donors (Lipinski definition) is 1. The number of carbonyl (C=O) groups excluding carboxylic acids is 1. The van der Waals surface area contributed by atoms with E-state index in [0.29, 0.717) is 17.9 Å². The van der Waals surface area contributed by atoms with E-state index in [-0.39, 0.29) is 17.6 Å². The lowest BCUT2D eigenvalue weighted by Gasteiger charge is -2.17. The van der Waals surface area contributed by atoms with Gasteiger partial charge in [-0.15, -0.1) is 0 Å². The van der Waals surface area contributed by atoms with Crippen molar-refractivity contribution in [1.82, 2.24) is 15.1 Å². The molecule has 3 aromatic rings. The Morgan fingerprint density at radius 2 is 2.07 bits per heavy atom. The molecule has 0 aliphatic carbocycles. The third-order valence-corrected chi connectivity index (χ3v) is 4.21. The molecular formula is C20H20N4O4. The van der Waals surface area contributed by atoms with E-state index in [1.165, 1.54) is 18.2 Å². The lowest BCUT2D eigenvalue weighted by molar-refractivity contribution is -0.384. The fraction of sp³-hybridized carbons (Fsp3) is 0.200. The SMILES string of the molecule is Cc1cc(C)n(C(CNC(=O)/C=C/c2ccc([N+](=O)[O-])cc2)c2ccco2)n1. The zero-order valence-corrected chi connectivity index (χ0v) is 15.5. The molecule has 2 aromatic heterocycles. The summed E-state index contributed by atoms with van der Waals surface area (Å²) in [6.07, 6.45) is 4.58. The highest BCUT2D eigenvalue weighted by Gasteiger charge is 2.20. The van der Waals surface area contributed by atoms with E-state index in [9.17, 15) is 14.9 Å². The zero-order valence-electron chi connectivity index (χ0n) is 15.5. The molecule has 1 aromatic carbocycles. The highest BCUT2D eigenvalue weighted by Crippen LogP contribution is 2.20. The van der Waals surface area contributed by atoms with Crippen LogP contribution in [0.15, 0.2) is 59.2 Å². The van der Waals surface area contributed by atoms with Crippen molar-refractivity contribution in [2.45, 2.75) is 19.9 Å². The number of hydrogen-bond acceptors (Lipinski definition) is 5. The van der Waals surface area contributed by atoms with Crippen LogP contribution in [0.1, 0.15) is 28.8 Å². The van der Waals surface area contributed by atoms with Crippen LogP contribution in [0.2, 0.25) is 0 Å². The Bertz CT molecular complexity index is 988. The van der Waals surface area contributed by atoms with Crippen molar-refractivity contribution in [3.05, 3.63) is 87.6 Å². The molecule has 8 heteroatoms. The Morgan fingerprint density at radius 3 is 2.64 bits per heavy atom. The molecule has 1 N–H and O–H groups in total. The fourth-order valence-corrected chi connectivity index (χ4v) is 2.89. The molecule has 2 heterocycles. The second-order valence-corrected chi connectivity index (χ2v) is 6.33. The van der Waals surface area contributed by atoms with Crippen molar-refractivity contribution in [1.29, 1.82) is 0 Å². The van der Waals surface area contributed by atoms with Gasteiger partial charge in [0.15, 0.2) is 0 Å². The van der Waals surface area contributed by atoms with Gasteiger partial charge in [-0.25, -0.2) is 0 Å². The standard InChI is InChI=1S/C20H20N4O4/c1-14-12-15(2)23(22-14)18(19-4-3-11-28-19)13-21-20(25)10-7-16-5-8-17(9-6-16)24(26)27/h3-12,18H,13H2,1-2H3,(H,21,25)/b10-7+. The third-order valence-electron chi connectivity index (χ3n) is 4.21. The summed E-state index contributed by atoms with van der Waals surface area (Å²) in [6.45, 7) is 4.17. The Labute approximate surface area is 161 Å². The van der Waals surface area contributed by atoms with Crippen LogP contribution in [0.4, 0.5) is 5.69 Å². The summed E-state index contributed by atoms with van der Waals surface area (Å²) >= 11 is 0. The van der Waals surface area contributed by atoms with Crippen LogP contribution >= 0.6 is 0 Å². The highest BCUT2D eigenvalue weighted by molar-refractivity contribution is 5.91. The number of carbonyl (C=O) groups is 1. The molecule has 8 nitrogen and oxygen atoms in total. The number of nitro groups is 1. The number of non-ortho nitro benzene ring substituents is 1. The van der Waals surface area contributed by atoms with Crippen LogP contribution in [-0.4, -0.2) is 27.2 Å². The first-order valence-corrected chi connectivity index (χ1v) is 8.70. The highest BCUT2D eigenvalue weighted by atomic mass is 16.6. The summed E-state index contributed by atoms with van der Waals surface area (Å²) in [5.74, 6) is 0.419. The summed E-state index contributed by atoms with van der Waals surface area (Å²) in [7, 11) is 0. The van der Waals surface area contributed by atoms with Gasteiger partial charge in [0.25, 0.3) is 5.69 Å². The van der Waals surface area contributed by atoms with Crippen molar-refractivity contribution in [3.8, 4) is 0 Å². The minimum absolute atomic E-state index is 0.00720. The number of benzene rings is 1. The lowest BCUT2D eigenvalue weighted by Crippen LogP contribution is -2.31. The molecular weight excluding hydrogens is 360 g/mol. The van der Waals surface area contributed by atoms with Gasteiger partial charge in [0.2, 0.25) is 5.91 Å². The molecule has 0 aliphatic rings. The van der Waals surface area contributed by atoms with Crippen LogP contribution in [0.5, 0.6) is 0 Å². The maximum atomic E-state index is 12.2. The van der Waals surface area contributed by atoms with Crippen LogP contribution in [0.25, 0.3) is 6.08 Å². The first kappa shape index (κ1) is 19.1. The quantitative estimate of drug-likeness (QED) is 0.384. The number of rotatable bonds is 7. The topological polar surface area (TPSA) is 103 Å². The molecule has 0 radical (unpaired) electrons. The molecule has 1 unspecified atom stereocenters. The second-order valence-electron chi connectivity index (χ2n) is 6.33. The number of nitrogens with zero attached hydrogens (tertiary/aromatic N) is 3. The summed E-state index contributed by atoms with van der Waals surface area (Å²) in [6, 6.07) is 11.3. The summed E-state index contributed by atoms with van der Waals surface area (Å²) in [5.41, 5.74) is 2.56. The average molecular weight is 380 g/mol. The van der Waals surface area contributed by atoms with Gasteiger partial charge in [0, 0.05) is 30.4 Å².